The van der Waals surface area contributed by atoms with E-state index >= 15 is 0 Å². The molecule has 0 saturated carbocycles. The lowest BCUT2D eigenvalue weighted by atomic mass is 9.85. The van der Waals surface area contributed by atoms with Gasteiger partial charge in [0.1, 0.15) is 6.04 Å². The molecule has 1 fully saturated rings. The summed E-state index contributed by atoms with van der Waals surface area (Å²) in [6.45, 7) is 1.59. The quantitative estimate of drug-likeness (QED) is 0.443. The minimum atomic E-state index is -0.881. The summed E-state index contributed by atoms with van der Waals surface area (Å²) in [4.78, 5) is 44.0. The molecule has 166 valence electrons. The molecule has 7 heteroatoms. The van der Waals surface area contributed by atoms with E-state index in [1.807, 2.05) is 60.0 Å². The number of nitrogens with zero attached hydrogens (tertiary/aromatic N) is 2. The lowest BCUT2D eigenvalue weighted by molar-refractivity contribution is -0.146. The number of thiazole rings is 1. The second kappa shape index (κ2) is 8.75. The van der Waals surface area contributed by atoms with Gasteiger partial charge in [0.05, 0.1) is 17.5 Å². The summed E-state index contributed by atoms with van der Waals surface area (Å²) < 4.78 is 0. The molecule has 3 atom stereocenters. The lowest BCUT2D eigenvalue weighted by Gasteiger charge is -2.21. The first-order valence-electron chi connectivity index (χ1n) is 11.0. The van der Waals surface area contributed by atoms with Gasteiger partial charge in [-0.05, 0) is 30.9 Å². The number of nitrogens with one attached hydrogen (secondary N) is 1. The van der Waals surface area contributed by atoms with Gasteiger partial charge < -0.3 is 5.32 Å². The van der Waals surface area contributed by atoms with Gasteiger partial charge in [-0.1, -0.05) is 66.7 Å². The van der Waals surface area contributed by atoms with Crippen molar-refractivity contribution >= 4 is 34.2 Å². The van der Waals surface area contributed by atoms with Crippen LogP contribution in [0.4, 0.5) is 5.13 Å². The number of rotatable bonds is 5. The van der Waals surface area contributed by atoms with Crippen molar-refractivity contribution in [2.24, 2.45) is 11.8 Å². The molecule has 0 spiro atoms. The largest absolute Gasteiger partial charge is 0.300 e. The smallest absolute Gasteiger partial charge is 0.249 e. The van der Waals surface area contributed by atoms with Crippen LogP contribution in [0.3, 0.4) is 0 Å². The SMILES string of the molecule is C[C@@H](C(=O)Nc1nc(-c2ccc(-c3ccccc3)cc2)cs1)N1C(=O)C2CC=CCC2C1=O. The van der Waals surface area contributed by atoms with Crippen molar-refractivity contribution in [3.8, 4) is 22.4 Å². The number of carbonyl (C=O) groups is 3. The van der Waals surface area contributed by atoms with Crippen molar-refractivity contribution in [1.29, 1.82) is 0 Å². The standard InChI is InChI=1S/C26H23N3O3S/c1-16(29-24(31)20-9-5-6-10-21(20)25(29)32)23(30)28-26-27-22(15-33-26)19-13-11-18(12-14-19)17-7-3-2-4-8-17/h2-8,11-16,20-21H,9-10H2,1H3,(H,27,28,30)/t16-,20?,21?/m0/s1. The predicted molar refractivity (Wildman–Crippen MR) is 128 cm³/mol. The zero-order valence-corrected chi connectivity index (χ0v) is 18.9. The van der Waals surface area contributed by atoms with Crippen LogP contribution >= 0.6 is 11.3 Å². The molecule has 1 aliphatic heterocycles. The van der Waals surface area contributed by atoms with Crippen LogP contribution in [0.5, 0.6) is 0 Å². The molecule has 0 bridgehead atoms. The van der Waals surface area contributed by atoms with E-state index in [4.69, 9.17) is 0 Å². The first-order valence-corrected chi connectivity index (χ1v) is 11.8. The second-order valence-corrected chi connectivity index (χ2v) is 9.21. The number of likely N-dealkylation sites (tertiary alicyclic amines) is 1. The third-order valence-electron chi connectivity index (χ3n) is 6.33. The second-order valence-electron chi connectivity index (χ2n) is 8.35. The van der Waals surface area contributed by atoms with Crippen molar-refractivity contribution in [3.63, 3.8) is 0 Å². The maximum Gasteiger partial charge on any atom is 0.249 e. The van der Waals surface area contributed by atoms with Gasteiger partial charge in [0.25, 0.3) is 0 Å². The molecule has 3 aromatic rings. The Morgan fingerprint density at radius 2 is 1.52 bits per heavy atom. The van der Waals surface area contributed by atoms with Crippen LogP contribution in [0.1, 0.15) is 19.8 Å². The Hall–Kier alpha value is -3.58. The molecule has 1 aliphatic carbocycles. The molecule has 1 saturated heterocycles. The van der Waals surface area contributed by atoms with Gasteiger partial charge in [-0.3, -0.25) is 19.3 Å². The molecule has 1 aromatic heterocycles. The Balaban J connectivity index is 1.26. The van der Waals surface area contributed by atoms with Crippen LogP contribution in [-0.2, 0) is 14.4 Å². The van der Waals surface area contributed by atoms with E-state index in [-0.39, 0.29) is 23.7 Å². The van der Waals surface area contributed by atoms with Crippen LogP contribution in [0, 0.1) is 11.8 Å². The highest BCUT2D eigenvalue weighted by atomic mass is 32.1. The van der Waals surface area contributed by atoms with E-state index in [0.29, 0.717) is 18.0 Å². The monoisotopic (exact) mass is 457 g/mol. The Morgan fingerprint density at radius 1 is 0.939 bits per heavy atom. The normalized spacial score (nSPS) is 20.6. The van der Waals surface area contributed by atoms with Gasteiger partial charge in [0, 0.05) is 10.9 Å². The molecule has 3 amide bonds. The number of anilines is 1. The number of amides is 3. The first-order chi connectivity index (χ1) is 16.0. The molecule has 1 N–H and O–H groups in total. The van der Waals surface area contributed by atoms with Gasteiger partial charge in [0.15, 0.2) is 5.13 Å². The van der Waals surface area contributed by atoms with E-state index < -0.39 is 11.9 Å². The molecule has 6 nitrogen and oxygen atoms in total. The molecule has 2 aromatic carbocycles. The molecule has 5 rings (SSSR count). The van der Waals surface area contributed by atoms with Gasteiger partial charge in [0.2, 0.25) is 17.7 Å². The third-order valence-corrected chi connectivity index (χ3v) is 7.09. The highest BCUT2D eigenvalue weighted by Gasteiger charge is 2.50. The molecular formula is C26H23N3O3S. The zero-order valence-electron chi connectivity index (χ0n) is 18.1. The van der Waals surface area contributed by atoms with Gasteiger partial charge in [-0.25, -0.2) is 4.98 Å². The number of carbonyl (C=O) groups excluding carboxylic acids is 3. The van der Waals surface area contributed by atoms with Crippen LogP contribution in [-0.4, -0.2) is 33.6 Å². The number of hydrogen-bond acceptors (Lipinski definition) is 5. The minimum Gasteiger partial charge on any atom is -0.300 e. The van der Waals surface area contributed by atoms with E-state index in [2.05, 4.69) is 22.4 Å². The molecule has 2 unspecified atom stereocenters. The number of aromatic nitrogens is 1. The number of hydrogen-bond donors (Lipinski definition) is 1. The summed E-state index contributed by atoms with van der Waals surface area (Å²) >= 11 is 1.31. The minimum absolute atomic E-state index is 0.254. The Kier molecular flexibility index (Phi) is 5.64. The molecular weight excluding hydrogens is 434 g/mol. The summed E-state index contributed by atoms with van der Waals surface area (Å²) in [7, 11) is 0. The molecule has 0 radical (unpaired) electrons. The van der Waals surface area contributed by atoms with Crippen LogP contribution < -0.4 is 5.32 Å². The fraction of sp³-hybridized carbons (Fsp3) is 0.231. The van der Waals surface area contributed by atoms with E-state index in [0.717, 1.165) is 27.3 Å². The van der Waals surface area contributed by atoms with Crippen molar-refractivity contribution in [2.45, 2.75) is 25.8 Å². The highest BCUT2D eigenvalue weighted by molar-refractivity contribution is 7.14. The van der Waals surface area contributed by atoms with Crippen LogP contribution in [0.25, 0.3) is 22.4 Å². The van der Waals surface area contributed by atoms with Gasteiger partial charge >= 0.3 is 0 Å². The molecule has 2 heterocycles. The van der Waals surface area contributed by atoms with E-state index in [1.165, 1.54) is 11.3 Å². The summed E-state index contributed by atoms with van der Waals surface area (Å²) in [5.74, 6) is -1.61. The maximum absolute atomic E-state index is 12.8. The average Bonchev–Trinajstić information content (AvgIpc) is 3.42. The number of imide groups is 1. The number of benzene rings is 2. The molecule has 2 aliphatic rings. The van der Waals surface area contributed by atoms with Crippen LogP contribution in [0.15, 0.2) is 72.1 Å². The fourth-order valence-electron chi connectivity index (χ4n) is 4.46. The topological polar surface area (TPSA) is 79.4 Å². The van der Waals surface area contributed by atoms with Crippen molar-refractivity contribution in [3.05, 3.63) is 72.1 Å². The fourth-order valence-corrected chi connectivity index (χ4v) is 5.19. The summed E-state index contributed by atoms with van der Waals surface area (Å²) in [5.41, 5.74) is 3.97. The predicted octanol–water partition coefficient (Wildman–Crippen LogP) is 4.76. The number of fused-ring (bicyclic) bond motifs is 1. The third kappa shape index (κ3) is 4.00. The van der Waals surface area contributed by atoms with Crippen LogP contribution in [0.2, 0.25) is 0 Å². The molecule has 33 heavy (non-hydrogen) atoms. The van der Waals surface area contributed by atoms with E-state index in [9.17, 15) is 14.4 Å². The van der Waals surface area contributed by atoms with E-state index in [1.54, 1.807) is 6.92 Å². The summed E-state index contributed by atoms with van der Waals surface area (Å²) in [6.07, 6.45) is 4.98. The Morgan fingerprint density at radius 3 is 2.15 bits per heavy atom. The van der Waals surface area contributed by atoms with Crippen molar-refractivity contribution < 1.29 is 14.4 Å². The summed E-state index contributed by atoms with van der Waals surface area (Å²) in [6, 6.07) is 17.3. The Bertz CT molecular complexity index is 1210. The van der Waals surface area contributed by atoms with Crippen molar-refractivity contribution in [1.82, 2.24) is 9.88 Å². The summed E-state index contributed by atoms with van der Waals surface area (Å²) in [5, 5.41) is 5.09. The zero-order chi connectivity index (χ0) is 22.9. The van der Waals surface area contributed by atoms with Crippen molar-refractivity contribution in [2.75, 3.05) is 5.32 Å². The average molecular weight is 458 g/mol. The lowest BCUT2D eigenvalue weighted by Crippen LogP contribution is -2.46. The highest BCUT2D eigenvalue weighted by Crippen LogP contribution is 2.36. The first kappa shape index (κ1) is 21.3. The maximum atomic E-state index is 12.8. The van der Waals surface area contributed by atoms with Gasteiger partial charge in [-0.2, -0.15) is 0 Å². The Labute approximate surface area is 196 Å². The van der Waals surface area contributed by atoms with Gasteiger partial charge in [-0.15, -0.1) is 11.3 Å². The number of allylic oxidation sites excluding steroid dienone is 2.